The minimum Gasteiger partial charge on any atom is -0.349 e. The molecule has 1 aliphatic carbocycles. The lowest BCUT2D eigenvalue weighted by Crippen LogP contribution is -2.35. The van der Waals surface area contributed by atoms with Crippen LogP contribution in [0, 0.1) is 0 Å². The highest BCUT2D eigenvalue weighted by Crippen LogP contribution is 2.24. The Morgan fingerprint density at radius 2 is 2.24 bits per heavy atom. The van der Waals surface area contributed by atoms with Crippen LogP contribution < -0.4 is 16.6 Å². The van der Waals surface area contributed by atoms with Crippen molar-refractivity contribution in [1.82, 2.24) is 20.2 Å². The summed E-state index contributed by atoms with van der Waals surface area (Å²) in [5, 5.41) is 2.89. The third-order valence-electron chi connectivity index (χ3n) is 3.61. The van der Waals surface area contributed by atoms with Gasteiger partial charge in [0.25, 0.3) is 5.91 Å². The molecule has 0 spiro atoms. The predicted molar refractivity (Wildman–Crippen MR) is 81.9 cm³/mol. The van der Waals surface area contributed by atoms with Crippen molar-refractivity contribution < 1.29 is 4.79 Å². The highest BCUT2D eigenvalue weighted by Gasteiger charge is 2.25. The Morgan fingerprint density at radius 3 is 2.81 bits per heavy atom. The van der Waals surface area contributed by atoms with Gasteiger partial charge in [0.15, 0.2) is 5.69 Å². The van der Waals surface area contributed by atoms with E-state index in [1.165, 1.54) is 12.8 Å². The molecule has 0 bridgehead atoms. The van der Waals surface area contributed by atoms with Crippen molar-refractivity contribution >= 4 is 11.6 Å². The lowest BCUT2D eigenvalue weighted by Gasteiger charge is -2.16. The summed E-state index contributed by atoms with van der Waals surface area (Å²) in [6, 6.07) is 0.690. The number of rotatable bonds is 7. The summed E-state index contributed by atoms with van der Waals surface area (Å²) >= 11 is 0. The number of hydrazine groups is 1. The molecule has 21 heavy (non-hydrogen) atoms. The third kappa shape index (κ3) is 4.12. The Morgan fingerprint density at radius 1 is 1.52 bits per heavy atom. The highest BCUT2D eigenvalue weighted by molar-refractivity contribution is 5.97. The third-order valence-corrected chi connectivity index (χ3v) is 3.61. The number of nitrogens with one attached hydrogen (secondary N) is 2. The number of aromatic nitrogens is 2. The molecular weight excluding hydrogens is 268 g/mol. The Balaban J connectivity index is 1.97. The monoisotopic (exact) mass is 292 g/mol. The molecule has 7 heteroatoms. The van der Waals surface area contributed by atoms with E-state index >= 15 is 0 Å². The summed E-state index contributed by atoms with van der Waals surface area (Å²) in [7, 11) is 2.08. The van der Waals surface area contributed by atoms with E-state index in [0.29, 0.717) is 29.8 Å². The topological polar surface area (TPSA) is 96.2 Å². The predicted octanol–water partition coefficient (Wildman–Crippen LogP) is 0.710. The lowest BCUT2D eigenvalue weighted by atomic mass is 10.2. The van der Waals surface area contributed by atoms with E-state index < -0.39 is 0 Å². The van der Waals surface area contributed by atoms with Gasteiger partial charge in [0.1, 0.15) is 5.82 Å². The van der Waals surface area contributed by atoms with Gasteiger partial charge in [-0.1, -0.05) is 13.8 Å². The van der Waals surface area contributed by atoms with Crippen LogP contribution in [0.2, 0.25) is 0 Å². The van der Waals surface area contributed by atoms with Gasteiger partial charge in [-0.2, -0.15) is 0 Å². The first-order valence-electron chi connectivity index (χ1n) is 7.35. The Bertz CT molecular complexity index is 500. The molecule has 0 saturated heterocycles. The molecule has 1 aromatic heterocycles. The fourth-order valence-electron chi connectivity index (χ4n) is 2.08. The number of hydrogen-bond acceptors (Lipinski definition) is 6. The van der Waals surface area contributed by atoms with Crippen molar-refractivity contribution in [2.75, 3.05) is 25.6 Å². The molecule has 1 saturated carbocycles. The molecule has 1 aromatic rings. The van der Waals surface area contributed by atoms with Crippen LogP contribution in [0.5, 0.6) is 0 Å². The van der Waals surface area contributed by atoms with Gasteiger partial charge in [-0.15, -0.1) is 0 Å². The summed E-state index contributed by atoms with van der Waals surface area (Å²) in [4.78, 5) is 23.0. The van der Waals surface area contributed by atoms with Crippen molar-refractivity contribution in [3.63, 3.8) is 0 Å². The Labute approximate surface area is 125 Å². The average Bonchev–Trinajstić information content (AvgIpc) is 3.30. The molecule has 0 aliphatic heterocycles. The molecule has 0 radical (unpaired) electrons. The van der Waals surface area contributed by atoms with Gasteiger partial charge in [0, 0.05) is 25.0 Å². The maximum atomic E-state index is 12.3. The zero-order valence-electron chi connectivity index (χ0n) is 12.9. The van der Waals surface area contributed by atoms with Crippen LogP contribution in [-0.4, -0.2) is 47.0 Å². The number of carbonyl (C=O) groups is 1. The van der Waals surface area contributed by atoms with Gasteiger partial charge in [-0.05, 0) is 19.9 Å². The van der Waals surface area contributed by atoms with E-state index in [9.17, 15) is 4.79 Å². The standard InChI is InChI=1S/C14H24N6O/c1-9(2)13-17-8-11(19-15)12(18-13)14(21)16-6-7-20(3)10-4-5-10/h8-10,19H,4-7,15H2,1-3H3,(H,16,21). The lowest BCUT2D eigenvalue weighted by molar-refractivity contribution is 0.0945. The number of anilines is 1. The fourth-order valence-corrected chi connectivity index (χ4v) is 2.08. The quantitative estimate of drug-likeness (QED) is 0.506. The van der Waals surface area contributed by atoms with Crippen LogP contribution in [0.3, 0.4) is 0 Å². The van der Waals surface area contributed by atoms with Crippen molar-refractivity contribution in [3.8, 4) is 0 Å². The van der Waals surface area contributed by atoms with Crippen molar-refractivity contribution in [2.24, 2.45) is 5.84 Å². The number of amides is 1. The number of carbonyl (C=O) groups excluding carboxylic acids is 1. The van der Waals surface area contributed by atoms with Gasteiger partial charge in [-0.3, -0.25) is 10.6 Å². The maximum absolute atomic E-state index is 12.3. The molecule has 4 N–H and O–H groups in total. The first kappa shape index (κ1) is 15.7. The molecule has 1 heterocycles. The zero-order valence-corrected chi connectivity index (χ0v) is 12.9. The molecule has 1 amide bonds. The van der Waals surface area contributed by atoms with Crippen LogP contribution >= 0.6 is 0 Å². The van der Waals surface area contributed by atoms with Crippen molar-refractivity contribution in [1.29, 1.82) is 0 Å². The van der Waals surface area contributed by atoms with Crippen LogP contribution in [0.4, 0.5) is 5.69 Å². The molecule has 0 aromatic carbocycles. The van der Waals surface area contributed by atoms with Gasteiger partial charge < -0.3 is 15.6 Å². The second kappa shape index (κ2) is 6.82. The van der Waals surface area contributed by atoms with Crippen LogP contribution in [0.1, 0.15) is 48.9 Å². The van der Waals surface area contributed by atoms with E-state index in [1.54, 1.807) is 6.20 Å². The number of hydrogen-bond donors (Lipinski definition) is 3. The number of nitrogen functional groups attached to an aromatic ring is 1. The van der Waals surface area contributed by atoms with E-state index in [2.05, 4.69) is 32.7 Å². The van der Waals surface area contributed by atoms with E-state index in [-0.39, 0.29) is 11.8 Å². The van der Waals surface area contributed by atoms with Crippen LogP contribution in [-0.2, 0) is 0 Å². The van der Waals surface area contributed by atoms with Crippen LogP contribution in [0.25, 0.3) is 0 Å². The summed E-state index contributed by atoms with van der Waals surface area (Å²) in [5.74, 6) is 5.99. The normalized spacial score (nSPS) is 14.6. The minimum absolute atomic E-state index is 0.157. The SMILES string of the molecule is CC(C)c1ncc(NN)c(C(=O)NCCN(C)C2CC2)n1. The van der Waals surface area contributed by atoms with Gasteiger partial charge in [0.05, 0.1) is 11.9 Å². The molecule has 1 aliphatic rings. The van der Waals surface area contributed by atoms with Crippen LogP contribution in [0.15, 0.2) is 6.20 Å². The molecule has 2 rings (SSSR count). The molecule has 7 nitrogen and oxygen atoms in total. The summed E-state index contributed by atoms with van der Waals surface area (Å²) in [5.41, 5.74) is 3.21. The van der Waals surface area contributed by atoms with E-state index in [0.717, 1.165) is 6.54 Å². The van der Waals surface area contributed by atoms with Gasteiger partial charge in [-0.25, -0.2) is 9.97 Å². The maximum Gasteiger partial charge on any atom is 0.272 e. The van der Waals surface area contributed by atoms with Crippen molar-refractivity contribution in [2.45, 2.75) is 38.6 Å². The number of nitrogens with two attached hydrogens (primary N) is 1. The Hall–Kier alpha value is -1.73. The number of likely N-dealkylation sites (N-methyl/N-ethyl adjacent to an activating group) is 1. The first-order chi connectivity index (χ1) is 10.0. The van der Waals surface area contributed by atoms with E-state index in [1.807, 2.05) is 13.8 Å². The largest absolute Gasteiger partial charge is 0.349 e. The molecule has 1 fully saturated rings. The Kier molecular flexibility index (Phi) is 5.08. The zero-order chi connectivity index (χ0) is 15.4. The molecule has 0 unspecified atom stereocenters. The molecular formula is C14H24N6O. The smallest absolute Gasteiger partial charge is 0.272 e. The summed E-state index contributed by atoms with van der Waals surface area (Å²) < 4.78 is 0. The molecule has 116 valence electrons. The second-order valence-electron chi connectivity index (χ2n) is 5.76. The second-order valence-corrected chi connectivity index (χ2v) is 5.76. The van der Waals surface area contributed by atoms with E-state index in [4.69, 9.17) is 5.84 Å². The average molecular weight is 292 g/mol. The number of nitrogens with zero attached hydrogens (tertiary/aromatic N) is 3. The van der Waals surface area contributed by atoms with Gasteiger partial charge >= 0.3 is 0 Å². The minimum atomic E-state index is -0.226. The van der Waals surface area contributed by atoms with Crippen molar-refractivity contribution in [3.05, 3.63) is 17.7 Å². The first-order valence-corrected chi connectivity index (χ1v) is 7.35. The highest BCUT2D eigenvalue weighted by atomic mass is 16.1. The van der Waals surface area contributed by atoms with Gasteiger partial charge in [0.2, 0.25) is 0 Å². The fraction of sp³-hybridized carbons (Fsp3) is 0.643. The summed E-state index contributed by atoms with van der Waals surface area (Å²) in [6.07, 6.45) is 4.07. The summed E-state index contributed by atoms with van der Waals surface area (Å²) in [6.45, 7) is 5.40. The molecule has 0 atom stereocenters.